The summed E-state index contributed by atoms with van der Waals surface area (Å²) in [6.07, 6.45) is 0. The lowest BCUT2D eigenvalue weighted by molar-refractivity contribution is -0.146. The number of aliphatic carboxylic acids is 1. The molecule has 0 saturated carbocycles. The van der Waals surface area contributed by atoms with Gasteiger partial charge in [0.05, 0.1) is 5.84 Å². The van der Waals surface area contributed by atoms with Gasteiger partial charge in [-0.3, -0.25) is 9.79 Å². The SMILES string of the molecule is CC(=O)[C@](N)(CSCCN=C(C)N)C(=O)O. The van der Waals surface area contributed by atoms with Crippen molar-refractivity contribution in [2.45, 2.75) is 19.4 Å². The molecule has 0 aliphatic rings. The number of rotatable bonds is 7. The zero-order valence-corrected chi connectivity index (χ0v) is 10.2. The Bertz CT molecular complexity index is 286. The van der Waals surface area contributed by atoms with Gasteiger partial charge < -0.3 is 16.6 Å². The van der Waals surface area contributed by atoms with E-state index in [1.807, 2.05) is 0 Å². The summed E-state index contributed by atoms with van der Waals surface area (Å²) < 4.78 is 0. The number of carboxylic acids is 1. The van der Waals surface area contributed by atoms with Gasteiger partial charge >= 0.3 is 5.97 Å². The number of Topliss-reactive ketones (excluding diaryl/α,β-unsaturated/α-hetero) is 1. The average Bonchev–Trinajstić information content (AvgIpc) is 2.15. The van der Waals surface area contributed by atoms with Crippen LogP contribution in [0.5, 0.6) is 0 Å². The van der Waals surface area contributed by atoms with Gasteiger partial charge in [-0.15, -0.1) is 0 Å². The van der Waals surface area contributed by atoms with E-state index >= 15 is 0 Å². The maximum absolute atomic E-state index is 11.1. The first-order chi connectivity index (χ1) is 7.30. The van der Waals surface area contributed by atoms with Gasteiger partial charge in [0.1, 0.15) is 0 Å². The molecule has 0 fully saturated rings. The molecule has 1 atom stereocenters. The van der Waals surface area contributed by atoms with Crippen molar-refractivity contribution in [1.29, 1.82) is 0 Å². The van der Waals surface area contributed by atoms with Crippen molar-refractivity contribution >= 4 is 29.4 Å². The highest BCUT2D eigenvalue weighted by molar-refractivity contribution is 7.99. The minimum atomic E-state index is -1.80. The Hall–Kier alpha value is -1.08. The molecule has 0 saturated heterocycles. The molecular formula is C9H17N3O3S. The van der Waals surface area contributed by atoms with Crippen molar-refractivity contribution in [3.63, 3.8) is 0 Å². The number of nitrogens with two attached hydrogens (primary N) is 2. The number of aliphatic imine (C=N–C) groups is 1. The molecule has 0 aliphatic carbocycles. The number of nitrogens with zero attached hydrogens (tertiary/aromatic N) is 1. The standard InChI is InChI=1S/C9H17N3O3S/c1-6(13)9(11,8(14)15)5-16-4-3-12-7(2)10/h3-5,11H2,1-2H3,(H2,10,12)(H,14,15)/t9-/m1/s1. The van der Waals surface area contributed by atoms with Gasteiger partial charge in [-0.2, -0.15) is 11.8 Å². The lowest BCUT2D eigenvalue weighted by atomic mass is 9.99. The molecule has 0 aromatic carbocycles. The van der Waals surface area contributed by atoms with Gasteiger partial charge in [-0.25, -0.2) is 4.79 Å². The van der Waals surface area contributed by atoms with Gasteiger partial charge in [-0.05, 0) is 13.8 Å². The van der Waals surface area contributed by atoms with Crippen molar-refractivity contribution in [3.8, 4) is 0 Å². The Morgan fingerprint density at radius 2 is 2.00 bits per heavy atom. The molecule has 0 amide bonds. The largest absolute Gasteiger partial charge is 0.480 e. The molecule has 6 nitrogen and oxygen atoms in total. The summed E-state index contributed by atoms with van der Waals surface area (Å²) in [5.74, 6) is -0.758. The van der Waals surface area contributed by atoms with Crippen LogP contribution in [0.3, 0.4) is 0 Å². The third-order valence-corrected chi connectivity index (χ3v) is 3.07. The lowest BCUT2D eigenvalue weighted by Gasteiger charge is -2.20. The highest BCUT2D eigenvalue weighted by Gasteiger charge is 2.38. The molecule has 0 aromatic heterocycles. The topological polar surface area (TPSA) is 119 Å². The number of carbonyl (C=O) groups is 2. The smallest absolute Gasteiger partial charge is 0.332 e. The Balaban J connectivity index is 4.11. The van der Waals surface area contributed by atoms with Crippen molar-refractivity contribution in [3.05, 3.63) is 0 Å². The number of ketones is 1. The van der Waals surface area contributed by atoms with Crippen LogP contribution in [-0.2, 0) is 9.59 Å². The van der Waals surface area contributed by atoms with E-state index in [-0.39, 0.29) is 5.75 Å². The maximum atomic E-state index is 11.1. The second-order valence-electron chi connectivity index (χ2n) is 3.41. The van der Waals surface area contributed by atoms with Crippen LogP contribution >= 0.6 is 11.8 Å². The quantitative estimate of drug-likeness (QED) is 0.241. The van der Waals surface area contributed by atoms with Crippen LogP contribution in [0.25, 0.3) is 0 Å². The van der Waals surface area contributed by atoms with E-state index < -0.39 is 17.3 Å². The zero-order valence-electron chi connectivity index (χ0n) is 9.40. The number of carbonyl (C=O) groups excluding carboxylic acids is 1. The Morgan fingerprint density at radius 1 is 1.44 bits per heavy atom. The Kier molecular flexibility index (Phi) is 6.05. The predicted octanol–water partition coefficient (Wildman–Crippen LogP) is -0.532. The molecule has 0 unspecified atom stereocenters. The van der Waals surface area contributed by atoms with Crippen LogP contribution in [0.4, 0.5) is 0 Å². The first-order valence-corrected chi connectivity index (χ1v) is 5.83. The third kappa shape index (κ3) is 4.63. The predicted molar refractivity (Wildman–Crippen MR) is 64.7 cm³/mol. The molecular weight excluding hydrogens is 230 g/mol. The minimum Gasteiger partial charge on any atom is -0.480 e. The van der Waals surface area contributed by atoms with Gasteiger partial charge in [0.2, 0.25) is 0 Å². The second kappa shape index (κ2) is 6.49. The van der Waals surface area contributed by atoms with Crippen LogP contribution in [0.1, 0.15) is 13.8 Å². The lowest BCUT2D eigenvalue weighted by Crippen LogP contribution is -2.56. The molecule has 0 aliphatic heterocycles. The third-order valence-electron chi connectivity index (χ3n) is 1.94. The summed E-state index contributed by atoms with van der Waals surface area (Å²) in [5.41, 5.74) is 9.02. The molecule has 0 spiro atoms. The molecule has 7 heteroatoms. The van der Waals surface area contributed by atoms with Crippen molar-refractivity contribution in [1.82, 2.24) is 0 Å². The number of hydrogen-bond donors (Lipinski definition) is 3. The second-order valence-corrected chi connectivity index (χ2v) is 4.51. The molecule has 0 heterocycles. The number of amidine groups is 1. The van der Waals surface area contributed by atoms with Crippen LogP contribution in [0.15, 0.2) is 4.99 Å². The first-order valence-electron chi connectivity index (χ1n) is 4.68. The van der Waals surface area contributed by atoms with E-state index in [4.69, 9.17) is 16.6 Å². The minimum absolute atomic E-state index is 0.0385. The summed E-state index contributed by atoms with van der Waals surface area (Å²) in [6, 6.07) is 0. The van der Waals surface area contributed by atoms with Crippen LogP contribution < -0.4 is 11.5 Å². The Morgan fingerprint density at radius 3 is 2.38 bits per heavy atom. The van der Waals surface area contributed by atoms with E-state index in [1.54, 1.807) is 6.92 Å². The first kappa shape index (κ1) is 14.9. The Labute approximate surface area is 98.5 Å². The normalized spacial score (nSPS) is 15.6. The summed E-state index contributed by atoms with van der Waals surface area (Å²) in [7, 11) is 0. The molecule has 0 rings (SSSR count). The fourth-order valence-corrected chi connectivity index (χ4v) is 1.85. The average molecular weight is 247 g/mol. The maximum Gasteiger partial charge on any atom is 0.332 e. The molecule has 92 valence electrons. The zero-order chi connectivity index (χ0) is 12.8. The molecule has 0 radical (unpaired) electrons. The summed E-state index contributed by atoms with van der Waals surface area (Å²) in [4.78, 5) is 25.9. The van der Waals surface area contributed by atoms with Crippen LogP contribution in [0, 0.1) is 0 Å². The van der Waals surface area contributed by atoms with Crippen molar-refractivity contribution < 1.29 is 14.7 Å². The molecule has 0 aromatic rings. The summed E-state index contributed by atoms with van der Waals surface area (Å²) in [6.45, 7) is 3.34. The highest BCUT2D eigenvalue weighted by Crippen LogP contribution is 2.12. The molecule has 16 heavy (non-hydrogen) atoms. The summed E-state index contributed by atoms with van der Waals surface area (Å²) in [5, 5.41) is 8.84. The van der Waals surface area contributed by atoms with Gasteiger partial charge in [0.15, 0.2) is 11.3 Å². The number of carboxylic acid groups (broad SMARTS) is 1. The van der Waals surface area contributed by atoms with E-state index in [0.29, 0.717) is 18.1 Å². The van der Waals surface area contributed by atoms with E-state index in [2.05, 4.69) is 4.99 Å². The number of hydrogen-bond acceptors (Lipinski definition) is 5. The van der Waals surface area contributed by atoms with Gasteiger partial charge in [-0.1, -0.05) is 0 Å². The highest BCUT2D eigenvalue weighted by atomic mass is 32.2. The molecule has 5 N–H and O–H groups in total. The fraction of sp³-hybridized carbons (Fsp3) is 0.667. The van der Waals surface area contributed by atoms with Gasteiger partial charge in [0, 0.05) is 18.1 Å². The summed E-state index contributed by atoms with van der Waals surface area (Å²) >= 11 is 1.27. The van der Waals surface area contributed by atoms with E-state index in [9.17, 15) is 9.59 Å². The monoisotopic (exact) mass is 247 g/mol. The van der Waals surface area contributed by atoms with Crippen LogP contribution in [0.2, 0.25) is 0 Å². The van der Waals surface area contributed by atoms with Gasteiger partial charge in [0.25, 0.3) is 0 Å². The number of thioether (sulfide) groups is 1. The van der Waals surface area contributed by atoms with Crippen LogP contribution in [-0.4, -0.2) is 46.3 Å². The van der Waals surface area contributed by atoms with E-state index in [0.717, 1.165) is 0 Å². The van der Waals surface area contributed by atoms with E-state index in [1.165, 1.54) is 18.7 Å². The van der Waals surface area contributed by atoms with Crippen molar-refractivity contribution in [2.75, 3.05) is 18.1 Å². The fourth-order valence-electron chi connectivity index (χ4n) is 0.834. The van der Waals surface area contributed by atoms with Crippen molar-refractivity contribution in [2.24, 2.45) is 16.5 Å². The molecule has 0 bridgehead atoms.